The molecule has 0 amide bonds. The standard InChI is InChI=1S/7C2H4O2.3H2O.O.3Ru/c7*1-2(3)4;;;;;;;/h7*1H3,(H,3,4);3*1H2;;;;/q;;;;;;;;;;;;;+1/p-1. The third kappa shape index (κ3) is 6080. The molecule has 0 aromatic carbocycles. The molecule has 0 atom stereocenters. The molecular weight excluding hydrogens is 759 g/mol. The average molecular weight is 793 g/mol. The summed E-state index contributed by atoms with van der Waals surface area (Å²) in [5, 5.41) is 53.4. The van der Waals surface area contributed by atoms with Crippen molar-refractivity contribution in [3.05, 3.63) is 0 Å². The topological polar surface area (TPSA) is 375 Å². The second-order valence-corrected chi connectivity index (χ2v) is 3.61. The summed E-state index contributed by atoms with van der Waals surface area (Å²) in [5.41, 5.74) is 0. The maximum absolute atomic E-state index is 9.00. The molecule has 18 nitrogen and oxygen atoms in total. The third-order valence-electron chi connectivity index (χ3n) is 0. The molecule has 0 aliphatic rings. The van der Waals surface area contributed by atoms with E-state index in [4.69, 9.17) is 72.9 Å². The predicted molar refractivity (Wildman–Crippen MR) is 102 cm³/mol. The molecule has 0 bridgehead atoms. The van der Waals surface area contributed by atoms with Gasteiger partial charge in [0.1, 0.15) is 0 Å². The largest absolute Gasteiger partial charge is 0 e. The van der Waals surface area contributed by atoms with Gasteiger partial charge in [0.2, 0.25) is 0 Å². The first-order valence-corrected chi connectivity index (χ1v) is 7.33. The van der Waals surface area contributed by atoms with Crippen molar-refractivity contribution in [1.82, 2.24) is 0 Å². The molecule has 35 heavy (non-hydrogen) atoms. The van der Waals surface area contributed by atoms with E-state index in [1.165, 1.54) is 0 Å². The summed E-state index contributed by atoms with van der Waals surface area (Å²) in [7, 11) is 0. The molecule has 0 aromatic rings. The molecule has 0 spiro atoms. The van der Waals surface area contributed by atoms with Crippen LogP contribution < -0.4 is 5.11 Å². The second kappa shape index (κ2) is 85.3. The molecule has 0 radical (unpaired) electrons. The van der Waals surface area contributed by atoms with Crippen molar-refractivity contribution >= 4 is 41.8 Å². The monoisotopic (exact) mass is 795 g/mol. The van der Waals surface area contributed by atoms with Crippen LogP contribution in [0, 0.1) is 0 Å². The van der Waals surface area contributed by atoms with Crippen LogP contribution in [-0.4, -0.2) is 88.9 Å². The van der Waals surface area contributed by atoms with Gasteiger partial charge in [-0.3, -0.25) is 28.8 Å². The number of carbonyl (C=O) groups excluding carboxylic acids is 1. The Balaban J connectivity index is -0.0000000142. The first kappa shape index (κ1) is 84.6. The number of carboxylic acids is 7. The number of hydrogen-bond acceptors (Lipinski definition) is 9. The van der Waals surface area contributed by atoms with Gasteiger partial charge >= 0.3 is 21.8 Å². The normalized spacial score (nSPS) is 5.11. The Bertz CT molecular complexity index is 339. The van der Waals surface area contributed by atoms with Gasteiger partial charge in [0.15, 0.2) is 0 Å². The molecule has 0 unspecified atom stereocenters. The van der Waals surface area contributed by atoms with Crippen molar-refractivity contribution < 1.29 is 147 Å². The summed E-state index contributed by atoms with van der Waals surface area (Å²) >= 11 is 1.10. The zero-order valence-corrected chi connectivity index (χ0v) is 24.6. The Morgan fingerprint density at radius 3 is 0.429 bits per heavy atom. The minimum absolute atomic E-state index is 0. The predicted octanol–water partition coefficient (Wildman–Crippen LogP) is -3.30. The molecule has 0 aliphatic carbocycles. The number of carboxylic acid groups (broad SMARTS) is 7. The van der Waals surface area contributed by atoms with Crippen molar-refractivity contribution in [2.75, 3.05) is 0 Å². The molecular formula is C14H33O18Ru3. The van der Waals surface area contributed by atoms with E-state index in [1.54, 1.807) is 0 Å². The van der Waals surface area contributed by atoms with Crippen LogP contribution in [0.25, 0.3) is 0 Å². The fraction of sp³-hybridized carbons (Fsp3) is 0.500. The Kier molecular flexibility index (Phi) is 206. The summed E-state index contributed by atoms with van der Waals surface area (Å²) < 4.78 is 8.18. The zero-order chi connectivity index (χ0) is 27.0. The van der Waals surface area contributed by atoms with Crippen LogP contribution >= 0.6 is 0 Å². The smallest absolute Gasteiger partial charge is 0 e. The van der Waals surface area contributed by atoms with Crippen LogP contribution in [-0.2, 0) is 94.3 Å². The van der Waals surface area contributed by atoms with Gasteiger partial charge in [-0.25, -0.2) is 0 Å². The molecule has 21 heteroatoms. The van der Waals surface area contributed by atoms with Gasteiger partial charge in [0.25, 0.3) is 35.8 Å². The average Bonchev–Trinajstić information content (AvgIpc) is 2.34. The number of rotatable bonds is 0. The number of carbonyl (C=O) groups is 7. The first-order chi connectivity index (χ1) is 13.1. The maximum Gasteiger partial charge on any atom is 0 e. The van der Waals surface area contributed by atoms with E-state index < -0.39 is 41.8 Å². The quantitative estimate of drug-likeness (QED) is 0.131. The summed E-state index contributed by atoms with van der Waals surface area (Å²) in [4.78, 5) is 62.9. The minimum atomic E-state index is -1.08. The summed E-state index contributed by atoms with van der Waals surface area (Å²) in [6.07, 6.45) is 0. The van der Waals surface area contributed by atoms with Crippen molar-refractivity contribution in [2.24, 2.45) is 0 Å². The van der Waals surface area contributed by atoms with Gasteiger partial charge < -0.3 is 57.0 Å². The van der Waals surface area contributed by atoms with E-state index in [2.05, 4.69) is 0 Å². The van der Waals surface area contributed by atoms with Crippen LogP contribution in [0.5, 0.6) is 0 Å². The van der Waals surface area contributed by atoms with E-state index in [-0.39, 0.29) is 55.4 Å². The van der Waals surface area contributed by atoms with Crippen molar-refractivity contribution in [3.63, 3.8) is 0 Å². The fourth-order valence-corrected chi connectivity index (χ4v) is 0. The summed E-state index contributed by atoms with van der Waals surface area (Å²) in [6, 6.07) is 0. The fourth-order valence-electron chi connectivity index (χ4n) is 0. The zero-order valence-electron chi connectivity index (χ0n) is 19.4. The number of hydrogen-bond donors (Lipinski definition) is 6. The van der Waals surface area contributed by atoms with Gasteiger partial charge in [-0.05, 0) is 6.92 Å². The molecule has 0 rings (SSSR count). The molecule has 0 aliphatic heterocycles. The van der Waals surface area contributed by atoms with Crippen LogP contribution in [0.1, 0.15) is 48.5 Å². The van der Waals surface area contributed by atoms with Crippen molar-refractivity contribution in [2.45, 2.75) is 48.5 Å². The molecule has 0 heterocycles. The number of aliphatic carboxylic acids is 7. The van der Waals surface area contributed by atoms with Crippen LogP contribution in [0.4, 0.5) is 0 Å². The maximum atomic E-state index is 9.00. The summed E-state index contributed by atoms with van der Waals surface area (Å²) in [5.74, 6) is -6.08. The third-order valence-corrected chi connectivity index (χ3v) is 0. The van der Waals surface area contributed by atoms with Gasteiger partial charge in [0, 0.05) is 86.5 Å². The minimum Gasteiger partial charge on any atom is 0 e. The molecule has 221 valence electrons. The van der Waals surface area contributed by atoms with Crippen LogP contribution in [0.2, 0.25) is 0 Å². The van der Waals surface area contributed by atoms with Gasteiger partial charge in [-0.1, -0.05) is 0 Å². The molecule has 0 saturated heterocycles. The van der Waals surface area contributed by atoms with Crippen LogP contribution in [0.3, 0.4) is 0 Å². The molecule has 12 N–H and O–H groups in total. The Morgan fingerprint density at radius 2 is 0.429 bits per heavy atom. The van der Waals surface area contributed by atoms with E-state index in [0.29, 0.717) is 0 Å². The Labute approximate surface area is 236 Å². The molecule has 0 saturated carbocycles. The van der Waals surface area contributed by atoms with E-state index in [9.17, 15) is 0 Å². The van der Waals surface area contributed by atoms with Crippen molar-refractivity contribution in [3.8, 4) is 0 Å². The second-order valence-electron chi connectivity index (χ2n) is 3.61. The first-order valence-electron chi connectivity index (χ1n) is 6.62. The van der Waals surface area contributed by atoms with Gasteiger partial charge in [-0.2, -0.15) is 0 Å². The Morgan fingerprint density at radius 1 is 0.429 bits per heavy atom. The van der Waals surface area contributed by atoms with E-state index >= 15 is 0 Å². The van der Waals surface area contributed by atoms with E-state index in [1.807, 2.05) is 0 Å². The van der Waals surface area contributed by atoms with E-state index in [0.717, 1.165) is 66.7 Å². The van der Waals surface area contributed by atoms with Crippen LogP contribution in [0.15, 0.2) is 0 Å². The van der Waals surface area contributed by atoms with Gasteiger partial charge in [-0.15, -0.1) is 0 Å². The Hall–Kier alpha value is -2.16. The van der Waals surface area contributed by atoms with Crippen molar-refractivity contribution in [1.29, 1.82) is 0 Å². The van der Waals surface area contributed by atoms with Gasteiger partial charge in [0.05, 0.1) is 0 Å². The SMILES string of the molecule is CC(=O)O.CC(=O)O.CC(=O)O.CC(=O)O.CC(=O)O.CC(=O)O.CC(=O)[O-].O.O.O.[O]=[Ru+].[Ru].[Ru]. The summed E-state index contributed by atoms with van der Waals surface area (Å²) in [6.45, 7) is 7.47. The molecule has 0 fully saturated rings. The molecule has 0 aromatic heterocycles.